The van der Waals surface area contributed by atoms with Crippen LogP contribution in [0, 0.1) is 0 Å². The summed E-state index contributed by atoms with van der Waals surface area (Å²) in [6.07, 6.45) is 0. The molecule has 0 unspecified atom stereocenters. The van der Waals surface area contributed by atoms with Crippen molar-refractivity contribution < 1.29 is 14.6 Å². The second kappa shape index (κ2) is 5.70. The maximum atomic E-state index is 11.9. The van der Waals surface area contributed by atoms with E-state index >= 15 is 0 Å². The molecule has 0 atom stereocenters. The van der Waals surface area contributed by atoms with Crippen molar-refractivity contribution in [1.82, 2.24) is 9.55 Å². The molecule has 7 heteroatoms. The number of nitrogens with one attached hydrogen (secondary N) is 1. The van der Waals surface area contributed by atoms with Gasteiger partial charge in [0, 0.05) is 13.2 Å². The minimum Gasteiger partial charge on any atom is -0.478 e. The summed E-state index contributed by atoms with van der Waals surface area (Å²) >= 11 is 0. The first kappa shape index (κ1) is 14.0. The molecule has 0 fully saturated rings. The second-order valence-corrected chi connectivity index (χ2v) is 4.11. The molecule has 1 aromatic carbocycles. The molecular formula is C13H14N2O5. The highest BCUT2D eigenvalue weighted by Crippen LogP contribution is 2.14. The van der Waals surface area contributed by atoms with Crippen molar-refractivity contribution in [2.24, 2.45) is 0 Å². The van der Waals surface area contributed by atoms with Gasteiger partial charge < -0.3 is 14.8 Å². The minimum absolute atomic E-state index is 0.0349. The van der Waals surface area contributed by atoms with Crippen LogP contribution in [0.2, 0.25) is 0 Å². The van der Waals surface area contributed by atoms with Crippen molar-refractivity contribution in [3.8, 4) is 0 Å². The van der Waals surface area contributed by atoms with E-state index < -0.39 is 17.1 Å². The van der Waals surface area contributed by atoms with Crippen LogP contribution in [-0.2, 0) is 11.3 Å². The summed E-state index contributed by atoms with van der Waals surface area (Å²) in [6.45, 7) is 2.63. The number of aromatic carboxylic acids is 1. The van der Waals surface area contributed by atoms with Gasteiger partial charge in [-0.25, -0.2) is 4.79 Å². The lowest BCUT2D eigenvalue weighted by Gasteiger charge is -2.11. The molecule has 0 radical (unpaired) electrons. The van der Waals surface area contributed by atoms with E-state index in [1.54, 1.807) is 13.0 Å². The van der Waals surface area contributed by atoms with E-state index in [1.165, 1.54) is 12.1 Å². The Morgan fingerprint density at radius 3 is 2.80 bits per heavy atom. The van der Waals surface area contributed by atoms with Crippen LogP contribution in [0.15, 0.2) is 27.8 Å². The molecule has 20 heavy (non-hydrogen) atoms. The highest BCUT2D eigenvalue weighted by atomic mass is 16.5. The van der Waals surface area contributed by atoms with Gasteiger partial charge in [0.25, 0.3) is 0 Å². The minimum atomic E-state index is -1.16. The number of carboxylic acid groups (broad SMARTS) is 1. The first-order valence-corrected chi connectivity index (χ1v) is 6.13. The van der Waals surface area contributed by atoms with Crippen molar-refractivity contribution >= 4 is 17.0 Å². The molecular weight excluding hydrogens is 264 g/mol. The fourth-order valence-electron chi connectivity index (χ4n) is 2.02. The lowest BCUT2D eigenvalue weighted by molar-refractivity contribution is 0.0698. The van der Waals surface area contributed by atoms with E-state index in [1.807, 2.05) is 0 Å². The standard InChI is InChI=1S/C13H14N2O5/c1-2-20-7-6-15-10-8(13(18)19)4-3-5-9(10)14-11(16)12(15)17/h3-5H,2,6-7H2,1H3,(H,14,16)(H,18,19). The number of carbonyl (C=O) groups is 1. The van der Waals surface area contributed by atoms with E-state index in [-0.39, 0.29) is 24.2 Å². The molecule has 0 amide bonds. The van der Waals surface area contributed by atoms with Gasteiger partial charge in [-0.2, -0.15) is 0 Å². The van der Waals surface area contributed by atoms with Crippen molar-refractivity contribution in [2.75, 3.05) is 13.2 Å². The molecule has 7 nitrogen and oxygen atoms in total. The average Bonchev–Trinajstić information content (AvgIpc) is 2.42. The number of hydrogen-bond acceptors (Lipinski definition) is 4. The molecule has 0 spiro atoms. The number of benzene rings is 1. The van der Waals surface area contributed by atoms with Crippen LogP contribution in [0.3, 0.4) is 0 Å². The Morgan fingerprint density at radius 2 is 2.15 bits per heavy atom. The fraction of sp³-hybridized carbons (Fsp3) is 0.308. The number of aromatic amines is 1. The first-order chi connectivity index (χ1) is 9.56. The van der Waals surface area contributed by atoms with Gasteiger partial charge in [-0.1, -0.05) is 6.07 Å². The predicted octanol–water partition coefficient (Wildman–Crippen LogP) is 0.425. The van der Waals surface area contributed by atoms with Gasteiger partial charge in [-0.15, -0.1) is 0 Å². The summed E-state index contributed by atoms with van der Waals surface area (Å²) in [5.41, 5.74) is -1.09. The number of fused-ring (bicyclic) bond motifs is 1. The van der Waals surface area contributed by atoms with Crippen LogP contribution < -0.4 is 11.1 Å². The highest BCUT2D eigenvalue weighted by molar-refractivity contribution is 6.00. The van der Waals surface area contributed by atoms with E-state index in [0.717, 1.165) is 4.57 Å². The molecule has 0 aliphatic rings. The van der Waals surface area contributed by atoms with Crippen LogP contribution in [0.4, 0.5) is 0 Å². The smallest absolute Gasteiger partial charge is 0.337 e. The van der Waals surface area contributed by atoms with Crippen LogP contribution in [0.25, 0.3) is 11.0 Å². The van der Waals surface area contributed by atoms with Crippen molar-refractivity contribution in [3.05, 3.63) is 44.5 Å². The zero-order valence-corrected chi connectivity index (χ0v) is 10.9. The third-order valence-electron chi connectivity index (χ3n) is 2.89. The van der Waals surface area contributed by atoms with Crippen molar-refractivity contribution in [2.45, 2.75) is 13.5 Å². The fourth-order valence-corrected chi connectivity index (χ4v) is 2.02. The second-order valence-electron chi connectivity index (χ2n) is 4.11. The number of aromatic nitrogens is 2. The summed E-state index contributed by atoms with van der Waals surface area (Å²) in [4.78, 5) is 37.2. The topological polar surface area (TPSA) is 101 Å². The summed E-state index contributed by atoms with van der Waals surface area (Å²) in [7, 11) is 0. The Bertz CT molecular complexity index is 759. The Morgan fingerprint density at radius 1 is 1.40 bits per heavy atom. The molecule has 106 valence electrons. The molecule has 1 aromatic heterocycles. The molecule has 0 aliphatic heterocycles. The van der Waals surface area contributed by atoms with Crippen molar-refractivity contribution in [3.63, 3.8) is 0 Å². The zero-order chi connectivity index (χ0) is 14.7. The number of hydrogen-bond donors (Lipinski definition) is 2. The molecule has 0 bridgehead atoms. The summed E-state index contributed by atoms with van der Waals surface area (Å²) < 4.78 is 6.31. The van der Waals surface area contributed by atoms with Crippen LogP contribution in [-0.4, -0.2) is 33.8 Å². The Balaban J connectivity index is 2.73. The lowest BCUT2D eigenvalue weighted by atomic mass is 10.1. The third kappa shape index (κ3) is 2.48. The quantitative estimate of drug-likeness (QED) is 0.610. The molecule has 2 rings (SSSR count). The molecule has 0 saturated heterocycles. The lowest BCUT2D eigenvalue weighted by Crippen LogP contribution is -2.37. The van der Waals surface area contributed by atoms with Gasteiger partial charge in [0.2, 0.25) is 0 Å². The number of para-hydroxylation sites is 1. The highest BCUT2D eigenvalue weighted by Gasteiger charge is 2.15. The van der Waals surface area contributed by atoms with Gasteiger partial charge in [-0.3, -0.25) is 14.2 Å². The molecule has 2 aromatic rings. The maximum absolute atomic E-state index is 11.9. The zero-order valence-electron chi connectivity index (χ0n) is 10.9. The monoisotopic (exact) mass is 278 g/mol. The van der Waals surface area contributed by atoms with Crippen LogP contribution in [0.5, 0.6) is 0 Å². The normalized spacial score (nSPS) is 10.8. The summed E-state index contributed by atoms with van der Waals surface area (Å²) in [5.74, 6) is -1.16. The predicted molar refractivity (Wildman–Crippen MR) is 72.3 cm³/mol. The van der Waals surface area contributed by atoms with E-state index in [0.29, 0.717) is 12.1 Å². The number of nitrogens with zero attached hydrogens (tertiary/aromatic N) is 1. The number of carboxylic acids is 1. The van der Waals surface area contributed by atoms with Gasteiger partial charge in [0.05, 0.1) is 23.2 Å². The Kier molecular flexibility index (Phi) is 3.99. The van der Waals surface area contributed by atoms with Gasteiger partial charge in [0.15, 0.2) is 0 Å². The van der Waals surface area contributed by atoms with Crippen LogP contribution >= 0.6 is 0 Å². The largest absolute Gasteiger partial charge is 0.478 e. The Hall–Kier alpha value is -2.41. The number of ether oxygens (including phenoxy) is 1. The van der Waals surface area contributed by atoms with E-state index in [9.17, 15) is 19.5 Å². The first-order valence-electron chi connectivity index (χ1n) is 6.13. The third-order valence-corrected chi connectivity index (χ3v) is 2.89. The van der Waals surface area contributed by atoms with Gasteiger partial charge >= 0.3 is 17.1 Å². The Labute approximate surface area is 113 Å². The average molecular weight is 278 g/mol. The van der Waals surface area contributed by atoms with E-state index in [2.05, 4.69) is 4.98 Å². The van der Waals surface area contributed by atoms with Gasteiger partial charge in [0.1, 0.15) is 0 Å². The summed E-state index contributed by atoms with van der Waals surface area (Å²) in [6, 6.07) is 4.46. The molecule has 1 heterocycles. The van der Waals surface area contributed by atoms with Gasteiger partial charge in [-0.05, 0) is 19.1 Å². The maximum Gasteiger partial charge on any atom is 0.337 e. The molecule has 0 aliphatic carbocycles. The van der Waals surface area contributed by atoms with Crippen molar-refractivity contribution in [1.29, 1.82) is 0 Å². The SMILES string of the molecule is CCOCCn1c(=O)c(=O)[nH]c2cccc(C(=O)O)c21. The van der Waals surface area contributed by atoms with Crippen LogP contribution in [0.1, 0.15) is 17.3 Å². The van der Waals surface area contributed by atoms with E-state index in [4.69, 9.17) is 4.74 Å². The molecule has 0 saturated carbocycles. The summed E-state index contributed by atoms with van der Waals surface area (Å²) in [5, 5.41) is 9.20. The molecule has 2 N–H and O–H groups in total. The number of H-pyrrole nitrogens is 1. The number of rotatable bonds is 5.